The molecule has 3 nitrogen and oxygen atoms in total. The van der Waals surface area contributed by atoms with Gasteiger partial charge in [-0.05, 0) is 36.3 Å². The Morgan fingerprint density at radius 3 is 2.82 bits per heavy atom. The van der Waals surface area contributed by atoms with E-state index in [-0.39, 0.29) is 12.1 Å². The first-order chi connectivity index (χ1) is 8.40. The van der Waals surface area contributed by atoms with Crippen molar-refractivity contribution >= 4 is 0 Å². The number of ether oxygens (including phenoxy) is 1. The Labute approximate surface area is 102 Å². The minimum absolute atomic E-state index is 0.134. The van der Waals surface area contributed by atoms with Gasteiger partial charge in [-0.2, -0.15) is 0 Å². The molecule has 1 aromatic carbocycles. The molecule has 3 rings (SSSR count). The first-order valence-corrected chi connectivity index (χ1v) is 6.55. The van der Waals surface area contributed by atoms with Gasteiger partial charge < -0.3 is 4.74 Å². The molecule has 0 amide bonds. The maximum Gasteiger partial charge on any atom is 0.0996 e. The summed E-state index contributed by atoms with van der Waals surface area (Å²) in [4.78, 5) is 0. The summed E-state index contributed by atoms with van der Waals surface area (Å²) in [6, 6.07) is 8.86. The number of hydrazine groups is 1. The molecule has 0 spiro atoms. The fourth-order valence-corrected chi connectivity index (χ4v) is 2.99. The van der Waals surface area contributed by atoms with Crippen LogP contribution in [0.1, 0.15) is 36.5 Å². The lowest BCUT2D eigenvalue weighted by Crippen LogP contribution is -2.49. The molecular formula is C14H20N2O. The standard InChI is InChI=1S/C14H20N2O/c15-16-13(11-5-3-6-11)14-12-7-2-1-4-10(12)8-9-17-14/h1-2,4,7,11,13-14,16H,3,5-6,8-9,15H2. The molecule has 92 valence electrons. The van der Waals surface area contributed by atoms with Gasteiger partial charge >= 0.3 is 0 Å². The number of nitrogens with two attached hydrogens (primary N) is 1. The molecular weight excluding hydrogens is 212 g/mol. The Balaban J connectivity index is 1.87. The smallest absolute Gasteiger partial charge is 0.0996 e. The zero-order chi connectivity index (χ0) is 11.7. The van der Waals surface area contributed by atoms with E-state index >= 15 is 0 Å². The second-order valence-corrected chi connectivity index (χ2v) is 5.12. The van der Waals surface area contributed by atoms with Crippen molar-refractivity contribution in [3.05, 3.63) is 35.4 Å². The number of nitrogens with one attached hydrogen (secondary N) is 1. The van der Waals surface area contributed by atoms with Gasteiger partial charge in [-0.15, -0.1) is 0 Å². The van der Waals surface area contributed by atoms with Crippen molar-refractivity contribution < 1.29 is 4.74 Å². The van der Waals surface area contributed by atoms with Crippen molar-refractivity contribution in [2.24, 2.45) is 11.8 Å². The molecule has 1 aliphatic carbocycles. The van der Waals surface area contributed by atoms with Crippen LogP contribution in [0.2, 0.25) is 0 Å². The van der Waals surface area contributed by atoms with Gasteiger partial charge in [-0.1, -0.05) is 30.7 Å². The lowest BCUT2D eigenvalue weighted by Gasteiger charge is -2.40. The van der Waals surface area contributed by atoms with Gasteiger partial charge in [0.2, 0.25) is 0 Å². The van der Waals surface area contributed by atoms with Crippen molar-refractivity contribution in [2.75, 3.05) is 6.61 Å². The normalized spacial score (nSPS) is 26.1. The molecule has 2 atom stereocenters. The van der Waals surface area contributed by atoms with Crippen LogP contribution in [0.15, 0.2) is 24.3 Å². The van der Waals surface area contributed by atoms with E-state index in [1.165, 1.54) is 30.4 Å². The summed E-state index contributed by atoms with van der Waals surface area (Å²) in [5.74, 6) is 6.42. The molecule has 0 aromatic heterocycles. The van der Waals surface area contributed by atoms with Crippen LogP contribution in [0.4, 0.5) is 0 Å². The Bertz CT molecular complexity index is 390. The first kappa shape index (κ1) is 11.2. The molecule has 1 saturated carbocycles. The lowest BCUT2D eigenvalue weighted by molar-refractivity contribution is -0.0122. The Morgan fingerprint density at radius 2 is 2.12 bits per heavy atom. The third-order valence-electron chi connectivity index (χ3n) is 4.21. The summed E-state index contributed by atoms with van der Waals surface area (Å²) in [5.41, 5.74) is 5.74. The second kappa shape index (κ2) is 4.77. The van der Waals surface area contributed by atoms with Crippen LogP contribution in [-0.2, 0) is 11.2 Å². The zero-order valence-electron chi connectivity index (χ0n) is 10.1. The molecule has 2 unspecified atom stereocenters. The van der Waals surface area contributed by atoms with Crippen molar-refractivity contribution in [2.45, 2.75) is 37.8 Å². The number of fused-ring (bicyclic) bond motifs is 1. The van der Waals surface area contributed by atoms with E-state index in [1.54, 1.807) is 0 Å². The number of hydrogen-bond donors (Lipinski definition) is 2. The van der Waals surface area contributed by atoms with Crippen LogP contribution >= 0.6 is 0 Å². The Kier molecular flexibility index (Phi) is 3.14. The Hall–Kier alpha value is -0.900. The van der Waals surface area contributed by atoms with E-state index < -0.39 is 0 Å². The quantitative estimate of drug-likeness (QED) is 0.618. The molecule has 17 heavy (non-hydrogen) atoms. The molecule has 3 N–H and O–H groups in total. The highest BCUT2D eigenvalue weighted by molar-refractivity contribution is 5.32. The van der Waals surface area contributed by atoms with E-state index in [0.717, 1.165) is 13.0 Å². The van der Waals surface area contributed by atoms with Crippen LogP contribution in [0, 0.1) is 5.92 Å². The van der Waals surface area contributed by atoms with E-state index in [2.05, 4.69) is 29.7 Å². The van der Waals surface area contributed by atoms with Gasteiger partial charge in [-0.25, -0.2) is 0 Å². The highest BCUT2D eigenvalue weighted by Gasteiger charge is 2.36. The summed E-state index contributed by atoms with van der Waals surface area (Å²) >= 11 is 0. The molecule has 2 aliphatic rings. The van der Waals surface area contributed by atoms with Gasteiger partial charge in [0.25, 0.3) is 0 Å². The van der Waals surface area contributed by atoms with Crippen molar-refractivity contribution in [1.29, 1.82) is 0 Å². The fourth-order valence-electron chi connectivity index (χ4n) is 2.99. The SMILES string of the molecule is NNC(C1CCC1)C1OCCc2ccccc21. The average Bonchev–Trinajstić information content (AvgIpc) is 2.33. The van der Waals surface area contributed by atoms with E-state index in [4.69, 9.17) is 10.6 Å². The third-order valence-corrected chi connectivity index (χ3v) is 4.21. The van der Waals surface area contributed by atoms with Crippen LogP contribution in [-0.4, -0.2) is 12.6 Å². The fraction of sp³-hybridized carbons (Fsp3) is 0.571. The lowest BCUT2D eigenvalue weighted by atomic mass is 9.75. The highest BCUT2D eigenvalue weighted by Crippen LogP contribution is 2.39. The molecule has 0 radical (unpaired) electrons. The predicted molar refractivity (Wildman–Crippen MR) is 67.3 cm³/mol. The van der Waals surface area contributed by atoms with Crippen LogP contribution in [0.5, 0.6) is 0 Å². The summed E-state index contributed by atoms with van der Waals surface area (Å²) in [5, 5.41) is 0. The summed E-state index contributed by atoms with van der Waals surface area (Å²) < 4.78 is 5.97. The predicted octanol–water partition coefficient (Wildman–Crippen LogP) is 1.93. The first-order valence-electron chi connectivity index (χ1n) is 6.55. The minimum Gasteiger partial charge on any atom is -0.371 e. The van der Waals surface area contributed by atoms with Crippen LogP contribution in [0.25, 0.3) is 0 Å². The molecule has 0 bridgehead atoms. The summed E-state index contributed by atoms with van der Waals surface area (Å²) in [6.07, 6.45) is 5.04. The Morgan fingerprint density at radius 1 is 1.29 bits per heavy atom. The minimum atomic E-state index is 0.134. The van der Waals surface area contributed by atoms with Gasteiger partial charge in [-0.3, -0.25) is 11.3 Å². The number of hydrogen-bond acceptors (Lipinski definition) is 3. The molecule has 1 aromatic rings. The average molecular weight is 232 g/mol. The topological polar surface area (TPSA) is 47.3 Å². The van der Waals surface area contributed by atoms with Crippen LogP contribution in [0.3, 0.4) is 0 Å². The zero-order valence-corrected chi connectivity index (χ0v) is 10.1. The van der Waals surface area contributed by atoms with E-state index in [1.807, 2.05) is 0 Å². The van der Waals surface area contributed by atoms with Crippen molar-refractivity contribution in [3.63, 3.8) is 0 Å². The molecule has 0 saturated heterocycles. The molecule has 1 aliphatic heterocycles. The number of benzene rings is 1. The maximum absolute atomic E-state index is 5.97. The second-order valence-electron chi connectivity index (χ2n) is 5.12. The molecule has 1 fully saturated rings. The van der Waals surface area contributed by atoms with Crippen molar-refractivity contribution in [3.8, 4) is 0 Å². The van der Waals surface area contributed by atoms with Gasteiger partial charge in [0, 0.05) is 0 Å². The molecule has 1 heterocycles. The van der Waals surface area contributed by atoms with Crippen molar-refractivity contribution in [1.82, 2.24) is 5.43 Å². The summed E-state index contributed by atoms with van der Waals surface area (Å²) in [6.45, 7) is 0.812. The van der Waals surface area contributed by atoms with Gasteiger partial charge in [0.1, 0.15) is 0 Å². The highest BCUT2D eigenvalue weighted by atomic mass is 16.5. The van der Waals surface area contributed by atoms with Gasteiger partial charge in [0.05, 0.1) is 18.8 Å². The van der Waals surface area contributed by atoms with E-state index in [9.17, 15) is 0 Å². The largest absolute Gasteiger partial charge is 0.371 e. The summed E-state index contributed by atoms with van der Waals surface area (Å²) in [7, 11) is 0. The maximum atomic E-state index is 5.97. The molecule has 3 heteroatoms. The number of rotatable bonds is 3. The monoisotopic (exact) mass is 232 g/mol. The third kappa shape index (κ3) is 1.99. The van der Waals surface area contributed by atoms with Crippen LogP contribution < -0.4 is 11.3 Å². The van der Waals surface area contributed by atoms with Gasteiger partial charge in [0.15, 0.2) is 0 Å². The van der Waals surface area contributed by atoms with E-state index in [0.29, 0.717) is 5.92 Å².